The van der Waals surface area contributed by atoms with Crippen LogP contribution in [0.3, 0.4) is 0 Å². The van der Waals surface area contributed by atoms with Gasteiger partial charge in [-0.15, -0.1) is 12.4 Å². The van der Waals surface area contributed by atoms with E-state index in [1.165, 1.54) is 60.8 Å². The molecule has 0 bridgehead atoms. The zero-order chi connectivity index (χ0) is 18.3. The molecule has 1 saturated carbocycles. The molecule has 1 N–H and O–H groups in total. The van der Waals surface area contributed by atoms with E-state index in [4.69, 9.17) is 0 Å². The van der Waals surface area contributed by atoms with Crippen LogP contribution in [-0.4, -0.2) is 29.9 Å². The van der Waals surface area contributed by atoms with Crippen molar-refractivity contribution in [1.82, 2.24) is 10.2 Å². The lowest BCUT2D eigenvalue weighted by molar-refractivity contribution is -0.132. The van der Waals surface area contributed by atoms with E-state index < -0.39 is 0 Å². The number of amides is 1. The summed E-state index contributed by atoms with van der Waals surface area (Å²) < 4.78 is 0. The van der Waals surface area contributed by atoms with Crippen LogP contribution in [0, 0.1) is 5.41 Å². The van der Waals surface area contributed by atoms with E-state index >= 15 is 0 Å². The SMILES string of the molecule is Cl.O=C(Cc1ccc2c(c1)CCC2)N(Cc1ccsc1)C1CC12CCNCC2. The van der Waals surface area contributed by atoms with E-state index in [1.807, 2.05) is 0 Å². The van der Waals surface area contributed by atoms with Gasteiger partial charge in [0.15, 0.2) is 0 Å². The van der Waals surface area contributed by atoms with Gasteiger partial charge in [-0.05, 0) is 96.1 Å². The molecule has 2 aliphatic carbocycles. The van der Waals surface area contributed by atoms with Crippen LogP contribution < -0.4 is 5.32 Å². The number of halogens is 1. The molecular weight excluding hydrogens is 388 g/mol. The summed E-state index contributed by atoms with van der Waals surface area (Å²) in [5.74, 6) is 0.305. The molecule has 3 aliphatic rings. The van der Waals surface area contributed by atoms with Gasteiger partial charge >= 0.3 is 0 Å². The van der Waals surface area contributed by atoms with Crippen molar-refractivity contribution in [3.05, 3.63) is 57.3 Å². The highest BCUT2D eigenvalue weighted by Crippen LogP contribution is 2.56. The average molecular weight is 417 g/mol. The van der Waals surface area contributed by atoms with Crippen LogP contribution in [0.15, 0.2) is 35.0 Å². The lowest BCUT2D eigenvalue weighted by Crippen LogP contribution is -2.39. The molecular formula is C23H29ClN2OS. The van der Waals surface area contributed by atoms with Gasteiger partial charge in [-0.2, -0.15) is 11.3 Å². The monoisotopic (exact) mass is 416 g/mol. The van der Waals surface area contributed by atoms with E-state index in [2.05, 4.69) is 45.2 Å². The lowest BCUT2D eigenvalue weighted by atomic mass is 9.93. The van der Waals surface area contributed by atoms with Gasteiger partial charge in [-0.25, -0.2) is 0 Å². The van der Waals surface area contributed by atoms with Crippen molar-refractivity contribution in [3.8, 4) is 0 Å². The highest BCUT2D eigenvalue weighted by molar-refractivity contribution is 7.07. The Morgan fingerprint density at radius 3 is 2.75 bits per heavy atom. The predicted octanol–water partition coefficient (Wildman–Crippen LogP) is 4.37. The van der Waals surface area contributed by atoms with Gasteiger partial charge < -0.3 is 10.2 Å². The summed E-state index contributed by atoms with van der Waals surface area (Å²) in [6, 6.07) is 9.31. The summed E-state index contributed by atoms with van der Waals surface area (Å²) in [5, 5.41) is 7.78. The molecule has 1 aromatic carbocycles. The Labute approximate surface area is 177 Å². The van der Waals surface area contributed by atoms with Gasteiger partial charge in [0.2, 0.25) is 5.91 Å². The summed E-state index contributed by atoms with van der Waals surface area (Å²) in [7, 11) is 0. The van der Waals surface area contributed by atoms with Crippen LogP contribution in [0.25, 0.3) is 0 Å². The molecule has 2 heterocycles. The Bertz CT molecular complexity index is 829. The summed E-state index contributed by atoms with van der Waals surface area (Å²) in [4.78, 5) is 15.6. The number of benzene rings is 1. The second-order valence-electron chi connectivity index (χ2n) is 8.62. The first-order valence-corrected chi connectivity index (χ1v) is 11.3. The number of piperidine rings is 1. The molecule has 3 nitrogen and oxygen atoms in total. The highest BCUT2D eigenvalue weighted by Gasteiger charge is 2.57. The number of aryl methyl sites for hydroxylation is 2. The number of fused-ring (bicyclic) bond motifs is 1. The molecule has 1 aromatic heterocycles. The fourth-order valence-electron chi connectivity index (χ4n) is 5.19. The van der Waals surface area contributed by atoms with Crippen molar-refractivity contribution in [2.75, 3.05) is 13.1 Å². The number of nitrogens with one attached hydrogen (secondary N) is 1. The topological polar surface area (TPSA) is 32.3 Å². The van der Waals surface area contributed by atoms with Crippen LogP contribution in [0.1, 0.15) is 47.9 Å². The number of carbonyl (C=O) groups excluding carboxylic acids is 1. The molecule has 5 heteroatoms. The molecule has 1 aliphatic heterocycles. The fourth-order valence-corrected chi connectivity index (χ4v) is 5.85. The summed E-state index contributed by atoms with van der Waals surface area (Å²) >= 11 is 1.72. The van der Waals surface area contributed by atoms with E-state index in [0.29, 0.717) is 23.8 Å². The molecule has 5 rings (SSSR count). The molecule has 28 heavy (non-hydrogen) atoms. The number of rotatable bonds is 5. The van der Waals surface area contributed by atoms with Crippen molar-refractivity contribution >= 4 is 29.7 Å². The molecule has 0 radical (unpaired) electrons. The zero-order valence-electron chi connectivity index (χ0n) is 16.3. The predicted molar refractivity (Wildman–Crippen MR) is 117 cm³/mol. The summed E-state index contributed by atoms with van der Waals surface area (Å²) in [6.45, 7) is 2.97. The number of hydrogen-bond acceptors (Lipinski definition) is 3. The maximum Gasteiger partial charge on any atom is 0.227 e. The van der Waals surface area contributed by atoms with Gasteiger partial charge in [0.05, 0.1) is 6.42 Å². The van der Waals surface area contributed by atoms with E-state index in [-0.39, 0.29) is 12.4 Å². The van der Waals surface area contributed by atoms with Crippen molar-refractivity contribution < 1.29 is 4.79 Å². The number of thiophene rings is 1. The molecule has 1 atom stereocenters. The molecule has 150 valence electrons. The molecule has 1 unspecified atom stereocenters. The minimum Gasteiger partial charge on any atom is -0.334 e. The van der Waals surface area contributed by atoms with Gasteiger partial charge in [0.25, 0.3) is 0 Å². The molecule has 1 amide bonds. The molecule has 2 fully saturated rings. The van der Waals surface area contributed by atoms with E-state index in [0.717, 1.165) is 19.6 Å². The first-order chi connectivity index (χ1) is 13.2. The standard InChI is InChI=1S/C23H28N2OS.ClH/c26-22(13-17-4-5-19-2-1-3-20(19)12-17)25(15-18-6-11-27-16-18)21-14-23(21)7-9-24-10-8-23;/h4-6,11-12,16,21,24H,1-3,7-10,13-15H2;1H. The maximum atomic E-state index is 13.4. The largest absolute Gasteiger partial charge is 0.334 e. The summed E-state index contributed by atoms with van der Waals surface area (Å²) in [5.41, 5.74) is 5.80. The Balaban J connectivity index is 0.00000192. The minimum atomic E-state index is 0. The van der Waals surface area contributed by atoms with Gasteiger partial charge in [0, 0.05) is 12.6 Å². The number of carbonyl (C=O) groups is 1. The molecule has 2 aromatic rings. The lowest BCUT2D eigenvalue weighted by Gasteiger charge is -2.29. The number of hydrogen-bond donors (Lipinski definition) is 1. The van der Waals surface area contributed by atoms with Gasteiger partial charge in [-0.3, -0.25) is 4.79 Å². The third kappa shape index (κ3) is 3.87. The van der Waals surface area contributed by atoms with E-state index in [1.54, 1.807) is 11.3 Å². The second kappa shape index (κ2) is 8.17. The van der Waals surface area contributed by atoms with Crippen molar-refractivity contribution in [3.63, 3.8) is 0 Å². The fraction of sp³-hybridized carbons (Fsp3) is 0.522. The Hall–Kier alpha value is -1.36. The van der Waals surface area contributed by atoms with Gasteiger partial charge in [-0.1, -0.05) is 18.2 Å². The first-order valence-electron chi connectivity index (χ1n) is 10.4. The van der Waals surface area contributed by atoms with Crippen molar-refractivity contribution in [2.24, 2.45) is 5.41 Å². The first kappa shape index (κ1) is 19.9. The smallest absolute Gasteiger partial charge is 0.227 e. The quantitative estimate of drug-likeness (QED) is 0.784. The Morgan fingerprint density at radius 1 is 1.14 bits per heavy atom. The van der Waals surface area contributed by atoms with Crippen LogP contribution in [0.2, 0.25) is 0 Å². The number of nitrogens with zero attached hydrogens (tertiary/aromatic N) is 1. The van der Waals surface area contributed by atoms with Crippen molar-refractivity contribution in [2.45, 2.75) is 57.5 Å². The minimum absolute atomic E-state index is 0. The van der Waals surface area contributed by atoms with Crippen LogP contribution >= 0.6 is 23.7 Å². The third-order valence-electron chi connectivity index (χ3n) is 6.89. The van der Waals surface area contributed by atoms with E-state index in [9.17, 15) is 4.79 Å². The van der Waals surface area contributed by atoms with Crippen LogP contribution in [0.5, 0.6) is 0 Å². The maximum absolute atomic E-state index is 13.4. The Kier molecular flexibility index (Phi) is 5.82. The third-order valence-corrected chi connectivity index (χ3v) is 7.63. The van der Waals surface area contributed by atoms with Crippen LogP contribution in [0.4, 0.5) is 0 Å². The van der Waals surface area contributed by atoms with Crippen molar-refractivity contribution in [1.29, 1.82) is 0 Å². The molecule has 1 saturated heterocycles. The highest BCUT2D eigenvalue weighted by atomic mass is 35.5. The van der Waals surface area contributed by atoms with Gasteiger partial charge in [0.1, 0.15) is 0 Å². The second-order valence-corrected chi connectivity index (χ2v) is 9.40. The average Bonchev–Trinajstić information content (AvgIpc) is 3.09. The zero-order valence-corrected chi connectivity index (χ0v) is 17.9. The van der Waals surface area contributed by atoms with Crippen LogP contribution in [-0.2, 0) is 30.6 Å². The summed E-state index contributed by atoms with van der Waals surface area (Å²) in [6.07, 6.45) is 7.79. The Morgan fingerprint density at radius 2 is 1.96 bits per heavy atom. The molecule has 1 spiro atoms. The normalized spacial score (nSPS) is 21.8.